The van der Waals surface area contributed by atoms with E-state index in [0.29, 0.717) is 30.6 Å². The Morgan fingerprint density at radius 1 is 0.941 bits per heavy atom. The quantitative estimate of drug-likeness (QED) is 0.533. The maximum Gasteiger partial charge on any atom is 0.417 e. The number of carbonyl (C=O) groups is 3. The smallest absolute Gasteiger partial charge is 0.417 e. The van der Waals surface area contributed by atoms with Crippen LogP contribution in [-0.2, 0) is 19.1 Å². The van der Waals surface area contributed by atoms with E-state index in [0.717, 1.165) is 32.1 Å². The number of hydrogen-bond acceptors (Lipinski definition) is 5. The van der Waals surface area contributed by atoms with Gasteiger partial charge in [-0.2, -0.15) is 13.2 Å². The van der Waals surface area contributed by atoms with Crippen molar-refractivity contribution in [1.29, 1.82) is 0 Å². The fourth-order valence-corrected chi connectivity index (χ4v) is 8.20. The molecule has 6 nitrogen and oxygen atoms in total. The van der Waals surface area contributed by atoms with E-state index in [9.17, 15) is 32.7 Å². The summed E-state index contributed by atoms with van der Waals surface area (Å²) in [6.45, 7) is 1.81. The first-order valence-corrected chi connectivity index (χ1v) is 12.5. The summed E-state index contributed by atoms with van der Waals surface area (Å²) in [5.74, 6) is -0.960. The number of fused-ring (bicyclic) bond motifs is 5. The van der Waals surface area contributed by atoms with Gasteiger partial charge >= 0.3 is 18.1 Å². The van der Waals surface area contributed by atoms with Crippen LogP contribution in [0.25, 0.3) is 0 Å². The lowest BCUT2D eigenvalue weighted by Crippen LogP contribution is -2.55. The molecule has 4 saturated carbocycles. The molecule has 0 aromatic carbocycles. The third-order valence-electron chi connectivity index (χ3n) is 9.84. The van der Waals surface area contributed by atoms with Crippen molar-refractivity contribution >= 4 is 17.7 Å². The average molecular weight is 489 g/mol. The van der Waals surface area contributed by atoms with Crippen molar-refractivity contribution in [2.75, 3.05) is 6.61 Å². The van der Waals surface area contributed by atoms with E-state index in [2.05, 4.69) is 6.92 Å². The number of carboxylic acids is 1. The van der Waals surface area contributed by atoms with E-state index in [1.165, 1.54) is 0 Å². The molecule has 0 saturated heterocycles. The van der Waals surface area contributed by atoms with Crippen molar-refractivity contribution in [3.8, 4) is 0 Å². The zero-order valence-electron chi connectivity index (χ0n) is 19.6. The van der Waals surface area contributed by atoms with Gasteiger partial charge < -0.3 is 14.9 Å². The molecule has 0 unspecified atom stereocenters. The number of carboxylic acid groups (broad SMARTS) is 1. The van der Waals surface area contributed by atoms with Crippen LogP contribution >= 0.6 is 0 Å². The summed E-state index contributed by atoms with van der Waals surface area (Å²) in [5.41, 5.74) is -2.77. The van der Waals surface area contributed by atoms with Gasteiger partial charge in [0.1, 0.15) is 6.61 Å². The average Bonchev–Trinajstić information content (AvgIpc) is 3.12. The molecule has 4 fully saturated rings. The predicted molar refractivity (Wildman–Crippen MR) is 114 cm³/mol. The lowest BCUT2D eigenvalue weighted by atomic mass is 9.49. The number of ketones is 1. The largest absolute Gasteiger partial charge is 0.481 e. The molecular weight excluding hydrogens is 453 g/mol. The molecule has 0 bridgehead atoms. The van der Waals surface area contributed by atoms with E-state index in [4.69, 9.17) is 9.84 Å². The highest BCUT2D eigenvalue weighted by molar-refractivity contribution is 5.86. The van der Waals surface area contributed by atoms with Crippen LogP contribution in [0.4, 0.5) is 13.2 Å². The second-order valence-corrected chi connectivity index (χ2v) is 11.4. The minimum Gasteiger partial charge on any atom is -0.481 e. The van der Waals surface area contributed by atoms with Crippen LogP contribution in [-0.4, -0.2) is 46.3 Å². The SMILES string of the molecule is C[C@]12CC[C@H]3[C@@H](CC[C@H]4C[C@@](O)(C(F)(F)F)CC[C@@H]43)[C@@H]1CC[C@@H]2C(=O)COC(=O)CCC(=O)O. The molecule has 0 radical (unpaired) electrons. The predicted octanol–water partition coefficient (Wildman–Crippen LogP) is 4.53. The molecule has 9 heteroatoms. The van der Waals surface area contributed by atoms with Gasteiger partial charge in [-0.3, -0.25) is 14.4 Å². The first kappa shape index (κ1) is 25.5. The third kappa shape index (κ3) is 4.49. The monoisotopic (exact) mass is 488 g/mol. The lowest BCUT2D eigenvalue weighted by molar-refractivity contribution is -0.282. The highest BCUT2D eigenvalue weighted by Gasteiger charge is 2.62. The normalized spacial score (nSPS) is 41.7. The number of aliphatic carboxylic acids is 1. The first-order valence-electron chi connectivity index (χ1n) is 12.5. The fourth-order valence-electron chi connectivity index (χ4n) is 8.20. The number of rotatable bonds is 6. The van der Waals surface area contributed by atoms with Crippen LogP contribution in [0, 0.1) is 40.9 Å². The second-order valence-electron chi connectivity index (χ2n) is 11.4. The lowest BCUT2D eigenvalue weighted by Gasteiger charge is -2.57. The minimum absolute atomic E-state index is 0.102. The number of alkyl halides is 3. The van der Waals surface area contributed by atoms with E-state index in [1.807, 2.05) is 0 Å². The molecule has 0 aromatic heterocycles. The summed E-state index contributed by atoms with van der Waals surface area (Å²) < 4.78 is 45.3. The van der Waals surface area contributed by atoms with Crippen LogP contribution in [0.3, 0.4) is 0 Å². The summed E-state index contributed by atoms with van der Waals surface area (Å²) in [4.78, 5) is 35.3. The number of Topliss-reactive ketones (excluding diaryl/α,β-unsaturated/α-hetero) is 1. The first-order chi connectivity index (χ1) is 15.9. The summed E-state index contributed by atoms with van der Waals surface area (Å²) in [6, 6.07) is 0. The molecule has 34 heavy (non-hydrogen) atoms. The number of carbonyl (C=O) groups excluding carboxylic acids is 2. The maximum absolute atomic E-state index is 13.4. The molecule has 0 aliphatic heterocycles. The maximum atomic E-state index is 13.4. The number of aliphatic hydroxyl groups is 1. The molecule has 0 aromatic rings. The molecule has 4 rings (SSSR count). The third-order valence-corrected chi connectivity index (χ3v) is 9.84. The van der Waals surface area contributed by atoms with Gasteiger partial charge in [-0.25, -0.2) is 0 Å². The van der Waals surface area contributed by atoms with E-state index in [1.54, 1.807) is 0 Å². The Kier molecular flexibility index (Phi) is 6.81. The van der Waals surface area contributed by atoms with E-state index < -0.39 is 23.7 Å². The number of esters is 1. The van der Waals surface area contributed by atoms with Gasteiger partial charge in [0.2, 0.25) is 0 Å². The molecule has 0 heterocycles. The van der Waals surface area contributed by atoms with Crippen LogP contribution in [0.1, 0.15) is 77.6 Å². The van der Waals surface area contributed by atoms with Gasteiger partial charge in [0.05, 0.1) is 12.8 Å². The molecular formula is C25H35F3O6. The fraction of sp³-hybridized carbons (Fsp3) is 0.880. The van der Waals surface area contributed by atoms with Crippen molar-refractivity contribution in [2.24, 2.45) is 40.9 Å². The van der Waals surface area contributed by atoms with Gasteiger partial charge in [0, 0.05) is 5.92 Å². The van der Waals surface area contributed by atoms with Crippen LogP contribution in [0.5, 0.6) is 0 Å². The van der Waals surface area contributed by atoms with Gasteiger partial charge in [-0.15, -0.1) is 0 Å². The Balaban J connectivity index is 1.38. The van der Waals surface area contributed by atoms with Gasteiger partial charge in [-0.05, 0) is 92.8 Å². The Morgan fingerprint density at radius 3 is 2.32 bits per heavy atom. The highest BCUT2D eigenvalue weighted by Crippen LogP contribution is 2.65. The van der Waals surface area contributed by atoms with Crippen molar-refractivity contribution < 1.29 is 42.5 Å². The number of hydrogen-bond donors (Lipinski definition) is 2. The van der Waals surface area contributed by atoms with Crippen LogP contribution in [0.15, 0.2) is 0 Å². The molecule has 4 aliphatic rings. The number of ether oxygens (including phenoxy) is 1. The number of halogens is 3. The molecule has 0 spiro atoms. The van der Waals surface area contributed by atoms with Crippen LogP contribution < -0.4 is 0 Å². The van der Waals surface area contributed by atoms with Gasteiger partial charge in [0.25, 0.3) is 0 Å². The Hall–Kier alpha value is -1.64. The topological polar surface area (TPSA) is 101 Å². The van der Waals surface area contributed by atoms with Crippen molar-refractivity contribution in [2.45, 2.75) is 89.3 Å². The Morgan fingerprint density at radius 2 is 1.65 bits per heavy atom. The van der Waals surface area contributed by atoms with Crippen LogP contribution in [0.2, 0.25) is 0 Å². The minimum atomic E-state index is -4.59. The molecule has 0 amide bonds. The second kappa shape index (κ2) is 9.10. The summed E-state index contributed by atoms with van der Waals surface area (Å²) in [5, 5.41) is 18.9. The summed E-state index contributed by atoms with van der Waals surface area (Å²) >= 11 is 0. The standard InChI is InChI=1S/C25H35F3O6/c1-23-10-8-16-15-9-11-24(33,25(26,27)28)12-14(15)2-3-17(16)18(23)4-5-19(23)20(29)13-34-22(32)7-6-21(30)31/h14-19,33H,2-13H2,1H3,(H,30,31)/t14-,15-,16+,17+,18-,19+,23-,24+/m0/s1. The zero-order valence-corrected chi connectivity index (χ0v) is 19.6. The van der Waals surface area contributed by atoms with Crippen molar-refractivity contribution in [1.82, 2.24) is 0 Å². The molecule has 8 atom stereocenters. The van der Waals surface area contributed by atoms with Crippen molar-refractivity contribution in [3.05, 3.63) is 0 Å². The van der Waals surface area contributed by atoms with E-state index in [-0.39, 0.29) is 61.2 Å². The van der Waals surface area contributed by atoms with E-state index >= 15 is 0 Å². The summed E-state index contributed by atoms with van der Waals surface area (Å²) in [6.07, 6.45) is -0.344. The Labute approximate surface area is 197 Å². The zero-order chi connectivity index (χ0) is 24.9. The molecule has 2 N–H and O–H groups in total. The highest BCUT2D eigenvalue weighted by atomic mass is 19.4. The van der Waals surface area contributed by atoms with Gasteiger partial charge in [0.15, 0.2) is 11.4 Å². The molecule has 192 valence electrons. The summed E-state index contributed by atoms with van der Waals surface area (Å²) in [7, 11) is 0. The molecule has 4 aliphatic carbocycles. The van der Waals surface area contributed by atoms with Crippen molar-refractivity contribution in [3.63, 3.8) is 0 Å². The van der Waals surface area contributed by atoms with Gasteiger partial charge in [-0.1, -0.05) is 6.92 Å². The Bertz CT molecular complexity index is 828.